The van der Waals surface area contributed by atoms with Gasteiger partial charge in [0, 0.05) is 33.4 Å². The lowest BCUT2D eigenvalue weighted by Crippen LogP contribution is -2.50. The van der Waals surface area contributed by atoms with E-state index in [9.17, 15) is 0 Å². The van der Waals surface area contributed by atoms with E-state index < -0.39 is 33.5 Å². The summed E-state index contributed by atoms with van der Waals surface area (Å²) in [5.74, 6) is 0.0427. The van der Waals surface area contributed by atoms with Gasteiger partial charge in [-0.1, -0.05) is 258 Å². The second kappa shape index (κ2) is 21.3. The lowest BCUT2D eigenvalue weighted by Gasteiger charge is -2.48. The van der Waals surface area contributed by atoms with Gasteiger partial charge >= 0.3 is 22.5 Å². The molecule has 2 bridgehead atoms. The summed E-state index contributed by atoms with van der Waals surface area (Å²) in [4.78, 5) is 0. The summed E-state index contributed by atoms with van der Waals surface area (Å²) in [7, 11) is -5.49. The molecule has 0 amide bonds. The van der Waals surface area contributed by atoms with Gasteiger partial charge in [-0.15, -0.1) is 9.05 Å². The molecule has 4 aliphatic rings. The average Bonchev–Trinajstić information content (AvgIpc) is 3.60. The van der Waals surface area contributed by atoms with E-state index >= 15 is 0 Å². The van der Waals surface area contributed by atoms with Gasteiger partial charge in [0.25, 0.3) is 0 Å². The van der Waals surface area contributed by atoms with Crippen LogP contribution in [0, 0.1) is 19.3 Å². The molecule has 3 aliphatic heterocycles. The van der Waals surface area contributed by atoms with Gasteiger partial charge < -0.3 is 9.05 Å². The predicted octanol–water partition coefficient (Wildman–Crippen LogP) is 22.1. The van der Waals surface area contributed by atoms with E-state index in [2.05, 4.69) is 249 Å². The molecule has 3 saturated heterocycles. The summed E-state index contributed by atoms with van der Waals surface area (Å²) in [6.07, 6.45) is 7.85. The first-order chi connectivity index (χ1) is 36.1. The molecule has 8 rings (SSSR count). The minimum Gasteiger partial charge on any atom is -0.417 e. The first kappa shape index (κ1) is 64.7. The Kier molecular flexibility index (Phi) is 17.2. The van der Waals surface area contributed by atoms with Crippen molar-refractivity contribution in [2.45, 2.75) is 301 Å². The number of fused-ring (bicyclic) bond motifs is 3. The fourth-order valence-corrected chi connectivity index (χ4v) is 17.3. The van der Waals surface area contributed by atoms with Crippen molar-refractivity contribution in [1.29, 1.82) is 0 Å². The molecule has 4 aromatic rings. The van der Waals surface area contributed by atoms with E-state index in [1.54, 1.807) is 0 Å². The van der Waals surface area contributed by atoms with Crippen LogP contribution < -0.4 is 9.05 Å². The number of hydrogen-bond donors (Lipinski definition) is 0. The van der Waals surface area contributed by atoms with Gasteiger partial charge in [-0.05, 0) is 124 Å². The number of benzene rings is 4. The quantitative estimate of drug-likeness (QED) is 0.0926. The van der Waals surface area contributed by atoms with Gasteiger partial charge in [0.05, 0.1) is 5.41 Å². The van der Waals surface area contributed by atoms with Crippen molar-refractivity contribution in [1.82, 2.24) is 0 Å². The molecule has 0 saturated carbocycles. The Balaban J connectivity index is 1.50. The first-order valence-corrected chi connectivity index (χ1v) is 33.4. The largest absolute Gasteiger partial charge is 0.467 e. The lowest BCUT2D eigenvalue weighted by molar-refractivity contribution is -0.350. The van der Waals surface area contributed by atoms with Crippen molar-refractivity contribution in [3.05, 3.63) is 126 Å². The number of hydrogen-bond acceptors (Lipinski definition) is 6. The predicted molar refractivity (Wildman–Crippen MR) is 343 cm³/mol. The maximum atomic E-state index is 8.45. The summed E-state index contributed by atoms with van der Waals surface area (Å²) >= 11 is 0. The highest BCUT2D eigenvalue weighted by atomic mass is 31.2. The molecule has 444 valence electrons. The van der Waals surface area contributed by atoms with E-state index in [-0.39, 0.29) is 43.3 Å². The Hall–Kier alpha value is -2.82. The SMILES string of the molecule is CCCCCCCC1(O[P+]23CC(C)(C)C(OP(Oc4c(C(C)(C)C)cc(C)cc4C(C)(C)C)Oc4c(C(C)(C)C)cc(C)cc4C(C)(C)C)(O2)O3)c2c(cc(C(C)(C)C)cc2C(C)(C)C)Cc2cc(C(C)(C)C)cc(C(C)(C)C)c21. The van der Waals surface area contributed by atoms with Gasteiger partial charge in [-0.3, -0.25) is 0 Å². The molecule has 0 aromatic heterocycles. The standard InChI is InChI=1S/C72H111O6P2/c1-30-31-32-33-34-35-71(58-48(41-50(62(4,5)6)43-52(58)64(10,11)12)40-49-42-51(63(7,8)9)44-53(59(49)71)65(13,14)15)76-80-45-70(28,29)72(77-80,78-80)75-79(73-60-54(66(16,17)18)36-46(2)37-55(60)67(19,20)21)74-61-56(68(22,23)24)38-47(3)39-57(61)69(25,26)27/h36-39,41-44H,30-35,40,45H2,1-29H3/q+1. The summed E-state index contributed by atoms with van der Waals surface area (Å²) in [5.41, 5.74) is 14.3. The molecule has 0 N–H and O–H groups in total. The third-order valence-corrected chi connectivity index (χ3v) is 20.9. The molecule has 0 atom stereocenters. The number of rotatable bonds is 14. The summed E-state index contributed by atoms with van der Waals surface area (Å²) in [6, 6.07) is 19.2. The molecule has 80 heavy (non-hydrogen) atoms. The minimum atomic E-state index is -3.21. The molecule has 0 unspecified atom stereocenters. The Bertz CT molecular complexity index is 2700. The third kappa shape index (κ3) is 12.9. The van der Waals surface area contributed by atoms with Crippen LogP contribution >= 0.6 is 16.5 Å². The summed E-state index contributed by atoms with van der Waals surface area (Å²) in [5, 5.41) is 0. The smallest absolute Gasteiger partial charge is 0.417 e. The van der Waals surface area contributed by atoms with Crippen LogP contribution in [0.15, 0.2) is 48.5 Å². The highest BCUT2D eigenvalue weighted by Crippen LogP contribution is 2.89. The Labute approximate surface area is 491 Å². The molecule has 3 fully saturated rings. The Morgan fingerprint density at radius 2 is 0.812 bits per heavy atom. The van der Waals surface area contributed by atoms with Crippen LogP contribution in [0.3, 0.4) is 0 Å². The Morgan fingerprint density at radius 3 is 1.14 bits per heavy atom. The molecule has 4 aromatic carbocycles. The molecule has 1 aliphatic carbocycles. The van der Waals surface area contributed by atoms with Crippen LogP contribution in [0.4, 0.5) is 0 Å². The first-order valence-electron chi connectivity index (χ1n) is 30.6. The zero-order valence-corrected chi connectivity index (χ0v) is 57.9. The van der Waals surface area contributed by atoms with Crippen molar-refractivity contribution in [3.63, 3.8) is 0 Å². The topological polar surface area (TPSA) is 55.4 Å². The molecular weight excluding hydrogens is 1020 g/mol. The van der Waals surface area contributed by atoms with Crippen molar-refractivity contribution < 1.29 is 27.1 Å². The zero-order valence-electron chi connectivity index (χ0n) is 56.1. The van der Waals surface area contributed by atoms with Crippen molar-refractivity contribution in [2.75, 3.05) is 6.16 Å². The zero-order chi connectivity index (χ0) is 60.4. The maximum Gasteiger partial charge on any atom is 0.467 e. The van der Waals surface area contributed by atoms with Gasteiger partial charge in [0.2, 0.25) is 0 Å². The molecule has 6 nitrogen and oxygen atoms in total. The van der Waals surface area contributed by atoms with E-state index in [1.165, 1.54) is 74.9 Å². The van der Waals surface area contributed by atoms with E-state index in [0.29, 0.717) is 6.16 Å². The van der Waals surface area contributed by atoms with Crippen LogP contribution in [-0.4, -0.2) is 12.1 Å². The monoisotopic (exact) mass is 1130 g/mol. The highest BCUT2D eigenvalue weighted by Gasteiger charge is 2.89. The lowest BCUT2D eigenvalue weighted by atomic mass is 9.62. The number of aryl methyl sites for hydroxylation is 2. The maximum absolute atomic E-state index is 8.45. The Morgan fingerprint density at radius 1 is 0.463 bits per heavy atom. The summed E-state index contributed by atoms with van der Waals surface area (Å²) < 4.78 is 46.6. The second-order valence-corrected chi connectivity index (χ2v) is 36.7. The van der Waals surface area contributed by atoms with E-state index in [1.807, 2.05) is 0 Å². The molecular formula is C72H111O6P2+. The third-order valence-electron chi connectivity index (χ3n) is 17.1. The highest BCUT2D eigenvalue weighted by molar-refractivity contribution is 7.63. The minimum absolute atomic E-state index is 0.0661. The van der Waals surface area contributed by atoms with Gasteiger partial charge in [0.1, 0.15) is 11.5 Å². The molecule has 8 heteroatoms. The van der Waals surface area contributed by atoms with Crippen molar-refractivity contribution in [3.8, 4) is 11.5 Å². The van der Waals surface area contributed by atoms with Crippen LogP contribution in [0.2, 0.25) is 0 Å². The van der Waals surface area contributed by atoms with Gasteiger partial charge in [-0.25, -0.2) is 4.52 Å². The number of unbranched alkanes of at least 4 members (excludes halogenated alkanes) is 4. The molecule has 0 radical (unpaired) electrons. The summed E-state index contributed by atoms with van der Waals surface area (Å²) in [6.45, 7) is 66.7. The normalized spacial score (nSPS) is 20.4. The van der Waals surface area contributed by atoms with Crippen LogP contribution in [0.5, 0.6) is 11.5 Å². The van der Waals surface area contributed by atoms with Crippen molar-refractivity contribution >= 4 is 16.5 Å². The van der Waals surface area contributed by atoms with Gasteiger partial charge in [-0.2, -0.15) is 4.52 Å². The van der Waals surface area contributed by atoms with Crippen LogP contribution in [0.25, 0.3) is 0 Å². The fraction of sp³-hybridized carbons (Fsp3) is 0.667. The van der Waals surface area contributed by atoms with Crippen molar-refractivity contribution in [2.24, 2.45) is 5.41 Å². The van der Waals surface area contributed by atoms with Crippen LogP contribution in [0.1, 0.15) is 303 Å². The second-order valence-electron chi connectivity index (χ2n) is 33.6. The average molecular weight is 1130 g/mol. The van der Waals surface area contributed by atoms with E-state index in [0.717, 1.165) is 59.4 Å². The van der Waals surface area contributed by atoms with E-state index in [4.69, 9.17) is 27.1 Å². The van der Waals surface area contributed by atoms with Crippen LogP contribution in [-0.2, 0) is 73.4 Å². The fourth-order valence-electron chi connectivity index (χ4n) is 12.4. The molecule has 3 heterocycles. The molecule has 0 spiro atoms. The van der Waals surface area contributed by atoms with Gasteiger partial charge in [0.15, 0.2) is 11.8 Å².